The lowest BCUT2D eigenvalue weighted by molar-refractivity contribution is 0.325. The molecule has 1 aromatic heterocycles. The number of anilines is 1. The van der Waals surface area contributed by atoms with Gasteiger partial charge in [0.15, 0.2) is 0 Å². The first-order chi connectivity index (χ1) is 7.15. The van der Waals surface area contributed by atoms with Gasteiger partial charge in [-0.2, -0.15) is 4.98 Å². The van der Waals surface area contributed by atoms with Crippen LogP contribution in [0.25, 0.3) is 0 Å². The molecule has 1 atom stereocenters. The Morgan fingerprint density at radius 1 is 1.60 bits per heavy atom. The molecule has 1 unspecified atom stereocenters. The van der Waals surface area contributed by atoms with Gasteiger partial charge >= 0.3 is 0 Å². The Balaban J connectivity index is 2.84. The third-order valence-corrected chi connectivity index (χ3v) is 1.72. The number of hydrogen-bond donors (Lipinski definition) is 1. The van der Waals surface area contributed by atoms with E-state index in [2.05, 4.69) is 21.2 Å². The molecule has 0 amide bonds. The maximum absolute atomic E-state index is 5.30. The van der Waals surface area contributed by atoms with Crippen LogP contribution in [0.3, 0.4) is 0 Å². The Morgan fingerprint density at radius 3 is 2.93 bits per heavy atom. The summed E-state index contributed by atoms with van der Waals surface area (Å²) in [6.07, 6.45) is 5.27. The largest absolute Gasteiger partial charge is 0.478 e. The van der Waals surface area contributed by atoms with Gasteiger partial charge in [-0.3, -0.25) is 0 Å². The zero-order valence-electron chi connectivity index (χ0n) is 9.24. The molecule has 0 aromatic carbocycles. The minimum absolute atomic E-state index is 0.0613. The molecule has 0 radical (unpaired) electrons. The third-order valence-electron chi connectivity index (χ3n) is 1.72. The zero-order valence-corrected chi connectivity index (χ0v) is 9.24. The van der Waals surface area contributed by atoms with E-state index in [-0.39, 0.29) is 6.04 Å². The molecule has 1 heterocycles. The summed E-state index contributed by atoms with van der Waals surface area (Å²) < 4.78 is 5.30. The number of nitrogens with zero attached hydrogens (tertiary/aromatic N) is 2. The summed E-state index contributed by atoms with van der Waals surface area (Å²) in [5, 5.41) is 3.06. The van der Waals surface area contributed by atoms with Crippen LogP contribution in [0.5, 0.6) is 5.88 Å². The monoisotopic (exact) mass is 205 g/mol. The summed E-state index contributed by atoms with van der Waals surface area (Å²) in [4.78, 5) is 8.34. The van der Waals surface area contributed by atoms with E-state index in [0.29, 0.717) is 24.1 Å². The topological polar surface area (TPSA) is 47.0 Å². The number of rotatable bonds is 4. The molecule has 15 heavy (non-hydrogen) atoms. The lowest BCUT2D eigenvalue weighted by Gasteiger charge is -2.10. The highest BCUT2D eigenvalue weighted by atomic mass is 16.5. The minimum Gasteiger partial charge on any atom is -0.478 e. The molecule has 0 saturated heterocycles. The second kappa shape index (κ2) is 5.20. The van der Waals surface area contributed by atoms with E-state index in [9.17, 15) is 0 Å². The Hall–Kier alpha value is -1.76. The Bertz CT molecular complexity index is 371. The molecule has 0 fully saturated rings. The molecular weight excluding hydrogens is 190 g/mol. The molecule has 4 nitrogen and oxygen atoms in total. The van der Waals surface area contributed by atoms with Gasteiger partial charge in [0.05, 0.1) is 12.6 Å². The van der Waals surface area contributed by atoms with Crippen LogP contribution in [0, 0.1) is 19.3 Å². The van der Waals surface area contributed by atoms with Crippen LogP contribution in [0.2, 0.25) is 0 Å². The SMILES string of the molecule is C#CC(C)Nc1cc(OCC)nc(C)n1. The lowest BCUT2D eigenvalue weighted by Crippen LogP contribution is -2.14. The Kier molecular flexibility index (Phi) is 3.92. The minimum atomic E-state index is -0.0613. The van der Waals surface area contributed by atoms with E-state index in [0.717, 1.165) is 0 Å². The molecule has 4 heteroatoms. The van der Waals surface area contributed by atoms with E-state index in [4.69, 9.17) is 11.2 Å². The summed E-state index contributed by atoms with van der Waals surface area (Å²) in [5.74, 6) is 4.49. The highest BCUT2D eigenvalue weighted by Gasteiger charge is 2.04. The number of aromatic nitrogens is 2. The van der Waals surface area contributed by atoms with Gasteiger partial charge in [-0.05, 0) is 20.8 Å². The Labute approximate surface area is 90.1 Å². The van der Waals surface area contributed by atoms with Gasteiger partial charge in [0.25, 0.3) is 0 Å². The summed E-state index contributed by atoms with van der Waals surface area (Å²) >= 11 is 0. The van der Waals surface area contributed by atoms with E-state index < -0.39 is 0 Å². The van der Waals surface area contributed by atoms with Crippen LogP contribution < -0.4 is 10.1 Å². The Morgan fingerprint density at radius 2 is 2.33 bits per heavy atom. The quantitative estimate of drug-likeness (QED) is 0.759. The molecule has 0 aliphatic rings. The van der Waals surface area contributed by atoms with E-state index in [1.54, 1.807) is 6.07 Å². The maximum Gasteiger partial charge on any atom is 0.218 e. The van der Waals surface area contributed by atoms with Gasteiger partial charge in [-0.1, -0.05) is 5.92 Å². The molecule has 1 N–H and O–H groups in total. The van der Waals surface area contributed by atoms with Crippen molar-refractivity contribution in [2.45, 2.75) is 26.8 Å². The second-order valence-electron chi connectivity index (χ2n) is 3.10. The standard InChI is InChI=1S/C11H15N3O/c1-5-8(3)12-10-7-11(15-6-2)14-9(4)13-10/h1,7-8H,6H2,2-4H3,(H,12,13,14). The molecule has 0 saturated carbocycles. The highest BCUT2D eigenvalue weighted by molar-refractivity contribution is 5.40. The van der Waals surface area contributed by atoms with Crippen molar-refractivity contribution in [3.05, 3.63) is 11.9 Å². The van der Waals surface area contributed by atoms with Crippen LogP contribution in [0.15, 0.2) is 6.07 Å². The molecule has 80 valence electrons. The summed E-state index contributed by atoms with van der Waals surface area (Å²) in [6.45, 7) is 6.20. The van der Waals surface area contributed by atoms with Gasteiger partial charge in [0.2, 0.25) is 5.88 Å². The average Bonchev–Trinajstić information content (AvgIpc) is 2.17. The van der Waals surface area contributed by atoms with E-state index >= 15 is 0 Å². The number of ether oxygens (including phenoxy) is 1. The zero-order chi connectivity index (χ0) is 11.3. The van der Waals surface area contributed by atoms with Crippen molar-refractivity contribution in [2.75, 3.05) is 11.9 Å². The van der Waals surface area contributed by atoms with Crippen molar-refractivity contribution < 1.29 is 4.74 Å². The predicted octanol–water partition coefficient (Wildman–Crippen LogP) is 1.62. The normalized spacial score (nSPS) is 11.6. The predicted molar refractivity (Wildman–Crippen MR) is 59.9 cm³/mol. The van der Waals surface area contributed by atoms with E-state index in [1.165, 1.54) is 0 Å². The fourth-order valence-electron chi connectivity index (χ4n) is 1.10. The van der Waals surface area contributed by atoms with E-state index in [1.807, 2.05) is 20.8 Å². The first-order valence-corrected chi connectivity index (χ1v) is 4.87. The second-order valence-corrected chi connectivity index (χ2v) is 3.10. The third kappa shape index (κ3) is 3.47. The van der Waals surface area contributed by atoms with Crippen molar-refractivity contribution in [3.8, 4) is 18.2 Å². The van der Waals surface area contributed by atoms with Crippen molar-refractivity contribution in [2.24, 2.45) is 0 Å². The van der Waals surface area contributed by atoms with Gasteiger partial charge in [0.1, 0.15) is 11.6 Å². The van der Waals surface area contributed by atoms with Gasteiger partial charge in [0, 0.05) is 6.07 Å². The van der Waals surface area contributed by atoms with Gasteiger partial charge in [-0.15, -0.1) is 6.42 Å². The van der Waals surface area contributed by atoms with Crippen molar-refractivity contribution in [3.63, 3.8) is 0 Å². The number of nitrogens with one attached hydrogen (secondary N) is 1. The van der Waals surface area contributed by atoms with Crippen LogP contribution in [-0.2, 0) is 0 Å². The molecule has 1 aromatic rings. The lowest BCUT2D eigenvalue weighted by atomic mass is 10.3. The molecular formula is C11H15N3O. The fourth-order valence-corrected chi connectivity index (χ4v) is 1.10. The molecule has 0 bridgehead atoms. The number of hydrogen-bond acceptors (Lipinski definition) is 4. The van der Waals surface area contributed by atoms with Crippen LogP contribution in [0.1, 0.15) is 19.7 Å². The van der Waals surface area contributed by atoms with Crippen LogP contribution in [-0.4, -0.2) is 22.6 Å². The molecule has 0 aliphatic carbocycles. The summed E-state index contributed by atoms with van der Waals surface area (Å²) in [7, 11) is 0. The molecule has 0 aliphatic heterocycles. The first kappa shape index (κ1) is 11.3. The summed E-state index contributed by atoms with van der Waals surface area (Å²) in [5.41, 5.74) is 0. The van der Waals surface area contributed by atoms with Crippen molar-refractivity contribution in [1.29, 1.82) is 0 Å². The maximum atomic E-state index is 5.30. The summed E-state index contributed by atoms with van der Waals surface area (Å²) in [6, 6.07) is 1.68. The molecule has 0 spiro atoms. The smallest absolute Gasteiger partial charge is 0.218 e. The fraction of sp³-hybridized carbons (Fsp3) is 0.455. The van der Waals surface area contributed by atoms with Crippen molar-refractivity contribution in [1.82, 2.24) is 9.97 Å². The highest BCUT2D eigenvalue weighted by Crippen LogP contribution is 2.13. The molecule has 1 rings (SSSR count). The number of aryl methyl sites for hydroxylation is 1. The number of terminal acetylenes is 1. The van der Waals surface area contributed by atoms with Crippen molar-refractivity contribution >= 4 is 5.82 Å². The van der Waals surface area contributed by atoms with Crippen LogP contribution >= 0.6 is 0 Å². The first-order valence-electron chi connectivity index (χ1n) is 4.87. The van der Waals surface area contributed by atoms with Gasteiger partial charge in [-0.25, -0.2) is 4.98 Å². The van der Waals surface area contributed by atoms with Gasteiger partial charge < -0.3 is 10.1 Å². The van der Waals surface area contributed by atoms with Crippen LogP contribution in [0.4, 0.5) is 5.82 Å². The average molecular weight is 205 g/mol.